The first-order valence-electron chi connectivity index (χ1n) is 29.6. The van der Waals surface area contributed by atoms with E-state index in [1.807, 2.05) is 0 Å². The summed E-state index contributed by atoms with van der Waals surface area (Å²) in [4.78, 5) is 13.2. The molecule has 1 aliphatic rings. The molecule has 0 aromatic rings. The van der Waals surface area contributed by atoms with Gasteiger partial charge in [0, 0.05) is 0 Å². The predicted molar refractivity (Wildman–Crippen MR) is 284 cm³/mol. The summed E-state index contributed by atoms with van der Waals surface area (Å²) in [7, 11) is 0. The van der Waals surface area contributed by atoms with Crippen LogP contribution in [0.15, 0.2) is 12.2 Å². The van der Waals surface area contributed by atoms with Gasteiger partial charge in [0.2, 0.25) is 5.91 Å². The van der Waals surface area contributed by atoms with Gasteiger partial charge in [0.15, 0.2) is 6.29 Å². The summed E-state index contributed by atoms with van der Waals surface area (Å²) in [6.45, 7) is 3.48. The van der Waals surface area contributed by atoms with Gasteiger partial charge >= 0.3 is 0 Å². The number of hydrogen-bond donors (Lipinski definition) is 8. The van der Waals surface area contributed by atoms with Crippen molar-refractivity contribution in [1.82, 2.24) is 5.32 Å². The average Bonchev–Trinajstić information content (AvgIpc) is 3.35. The number of rotatable bonds is 51. The Bertz CT molecular complexity index is 1130. The molecule has 1 rings (SSSR count). The number of amides is 1. The summed E-state index contributed by atoms with van der Waals surface area (Å²) >= 11 is 0. The van der Waals surface area contributed by atoms with E-state index in [2.05, 4.69) is 31.3 Å². The van der Waals surface area contributed by atoms with Crippen molar-refractivity contribution in [2.45, 2.75) is 339 Å². The van der Waals surface area contributed by atoms with Crippen LogP contribution in [0.2, 0.25) is 0 Å². The molecule has 0 radical (unpaired) electrons. The fourth-order valence-electron chi connectivity index (χ4n) is 9.73. The van der Waals surface area contributed by atoms with Crippen molar-refractivity contribution in [1.29, 1.82) is 0 Å². The van der Waals surface area contributed by atoms with Crippen LogP contribution in [-0.4, -0.2) is 110 Å². The highest BCUT2D eigenvalue weighted by atomic mass is 16.7. The van der Waals surface area contributed by atoms with Gasteiger partial charge in [-0.05, 0) is 38.5 Å². The van der Waals surface area contributed by atoms with Crippen LogP contribution in [0.3, 0.4) is 0 Å². The second-order valence-corrected chi connectivity index (χ2v) is 21.1. The molecule has 9 unspecified atom stereocenters. The normalized spacial score (nSPS) is 20.4. The summed E-state index contributed by atoms with van der Waals surface area (Å²) in [5.41, 5.74) is 0. The van der Waals surface area contributed by atoms with Crippen LogP contribution >= 0.6 is 0 Å². The Labute approximate surface area is 423 Å². The first kappa shape index (κ1) is 65.9. The molecule has 11 nitrogen and oxygen atoms in total. The number of ether oxygens (including phenoxy) is 2. The van der Waals surface area contributed by atoms with Gasteiger partial charge < -0.3 is 50.5 Å². The molecule has 69 heavy (non-hydrogen) atoms. The van der Waals surface area contributed by atoms with Crippen LogP contribution in [0, 0.1) is 0 Å². The number of carbonyl (C=O) groups is 1. The molecule has 0 aromatic carbocycles. The highest BCUT2D eigenvalue weighted by Crippen LogP contribution is 2.24. The van der Waals surface area contributed by atoms with Crippen LogP contribution in [-0.2, 0) is 14.3 Å². The van der Waals surface area contributed by atoms with Crippen LogP contribution in [0.5, 0.6) is 0 Å². The van der Waals surface area contributed by atoms with Crippen LogP contribution in [0.25, 0.3) is 0 Å². The van der Waals surface area contributed by atoms with Crippen molar-refractivity contribution >= 4 is 5.91 Å². The third kappa shape index (κ3) is 36.4. The number of unbranched alkanes of at least 4 members (excludes halogenated alkanes) is 37. The zero-order chi connectivity index (χ0) is 50.4. The van der Waals surface area contributed by atoms with E-state index in [1.54, 1.807) is 0 Å². The third-order valence-corrected chi connectivity index (χ3v) is 14.6. The molecule has 0 spiro atoms. The summed E-state index contributed by atoms with van der Waals surface area (Å²) in [6, 6.07) is -1.17. The fourth-order valence-corrected chi connectivity index (χ4v) is 9.73. The number of aliphatic hydroxyl groups excluding tert-OH is 7. The van der Waals surface area contributed by atoms with Crippen molar-refractivity contribution in [2.24, 2.45) is 0 Å². The van der Waals surface area contributed by atoms with Gasteiger partial charge in [-0.3, -0.25) is 4.79 Å². The van der Waals surface area contributed by atoms with E-state index in [0.717, 1.165) is 38.5 Å². The Morgan fingerprint density at radius 3 is 1.22 bits per heavy atom. The molecule has 0 saturated carbocycles. The lowest BCUT2D eigenvalue weighted by atomic mass is 9.98. The second-order valence-electron chi connectivity index (χ2n) is 21.1. The minimum absolute atomic E-state index is 0.262. The molecule has 1 saturated heterocycles. The molecule has 1 heterocycles. The van der Waals surface area contributed by atoms with Gasteiger partial charge in [0.1, 0.15) is 36.6 Å². The number of nitrogens with one attached hydrogen (secondary N) is 1. The minimum atomic E-state index is -1.66. The maximum absolute atomic E-state index is 13.2. The summed E-state index contributed by atoms with van der Waals surface area (Å²) in [5, 5.41) is 76.1. The largest absolute Gasteiger partial charge is 0.394 e. The quantitative estimate of drug-likeness (QED) is 0.0215. The first-order chi connectivity index (χ1) is 33.7. The highest BCUT2D eigenvalue weighted by Gasteiger charge is 2.44. The lowest BCUT2D eigenvalue weighted by Gasteiger charge is -2.40. The highest BCUT2D eigenvalue weighted by molar-refractivity contribution is 5.80. The van der Waals surface area contributed by atoms with E-state index >= 15 is 0 Å². The van der Waals surface area contributed by atoms with Crippen molar-refractivity contribution < 1.29 is 50.0 Å². The van der Waals surface area contributed by atoms with Gasteiger partial charge in [0.25, 0.3) is 0 Å². The van der Waals surface area contributed by atoms with Crippen molar-refractivity contribution in [3.63, 3.8) is 0 Å². The Hall–Kier alpha value is -1.15. The molecular formula is C58H113NO10. The van der Waals surface area contributed by atoms with Crippen LogP contribution in [0.1, 0.15) is 284 Å². The maximum atomic E-state index is 13.2. The fraction of sp³-hybridized carbons (Fsp3) is 0.948. The summed E-state index contributed by atoms with van der Waals surface area (Å²) in [5.74, 6) is -0.693. The summed E-state index contributed by atoms with van der Waals surface area (Å²) < 4.78 is 11.1. The van der Waals surface area contributed by atoms with Crippen molar-refractivity contribution in [2.75, 3.05) is 13.2 Å². The lowest BCUT2D eigenvalue weighted by Crippen LogP contribution is -2.60. The van der Waals surface area contributed by atoms with E-state index in [9.17, 15) is 40.5 Å². The van der Waals surface area contributed by atoms with E-state index < -0.39 is 74.2 Å². The topological polar surface area (TPSA) is 189 Å². The smallest absolute Gasteiger partial charge is 0.249 e. The summed E-state index contributed by atoms with van der Waals surface area (Å²) in [6.07, 6.45) is 44.1. The van der Waals surface area contributed by atoms with Gasteiger partial charge in [-0.15, -0.1) is 0 Å². The molecule has 1 amide bonds. The number of carbonyl (C=O) groups excluding carboxylic acids is 1. The monoisotopic (exact) mass is 984 g/mol. The maximum Gasteiger partial charge on any atom is 0.249 e. The average molecular weight is 985 g/mol. The molecule has 9 atom stereocenters. The SMILES string of the molecule is CCCCCCCCCCCCCC/C=C\CCCCCCCCCCCCCC(O)C(=O)NC(COC1OC(CO)C(O)C(O)C1O)C(O)C(O)CCCCCCCCCCCCCCCCC. The molecule has 8 N–H and O–H groups in total. The zero-order valence-corrected chi connectivity index (χ0v) is 44.8. The molecular weight excluding hydrogens is 871 g/mol. The Balaban J connectivity index is 2.26. The van der Waals surface area contributed by atoms with E-state index in [0.29, 0.717) is 19.3 Å². The Morgan fingerprint density at radius 1 is 0.493 bits per heavy atom. The molecule has 1 fully saturated rings. The van der Waals surface area contributed by atoms with Crippen molar-refractivity contribution in [3.05, 3.63) is 12.2 Å². The molecule has 0 bridgehead atoms. The Morgan fingerprint density at radius 2 is 0.841 bits per heavy atom. The van der Waals surface area contributed by atoms with E-state index in [4.69, 9.17) is 9.47 Å². The van der Waals surface area contributed by atoms with Crippen LogP contribution < -0.4 is 5.32 Å². The Kier molecular flexibility index (Phi) is 45.7. The molecule has 1 aliphatic heterocycles. The van der Waals surface area contributed by atoms with Crippen LogP contribution in [0.4, 0.5) is 0 Å². The zero-order valence-electron chi connectivity index (χ0n) is 44.8. The number of hydrogen-bond acceptors (Lipinski definition) is 10. The number of allylic oxidation sites excluding steroid dienone is 2. The van der Waals surface area contributed by atoms with Gasteiger partial charge in [-0.25, -0.2) is 0 Å². The predicted octanol–water partition coefficient (Wildman–Crippen LogP) is 12.4. The molecule has 0 aromatic heterocycles. The minimum Gasteiger partial charge on any atom is -0.394 e. The van der Waals surface area contributed by atoms with Gasteiger partial charge in [-0.1, -0.05) is 257 Å². The van der Waals surface area contributed by atoms with E-state index in [1.165, 1.54) is 205 Å². The molecule has 11 heteroatoms. The van der Waals surface area contributed by atoms with Gasteiger partial charge in [-0.2, -0.15) is 0 Å². The van der Waals surface area contributed by atoms with E-state index in [-0.39, 0.29) is 6.42 Å². The first-order valence-corrected chi connectivity index (χ1v) is 29.6. The standard InChI is InChI=1S/C58H113NO10/c1-3-5-7-9-11-13-15-17-19-20-21-22-23-24-25-26-27-28-29-30-32-34-36-38-40-42-44-46-51(62)57(67)59-49(48-68-58-56(66)55(65)54(64)52(47-60)69-58)53(63)50(61)45-43-41-39-37-35-33-31-18-16-14-12-10-8-6-4-2/h24-25,49-56,58,60-66H,3-23,26-48H2,1-2H3,(H,59,67)/b25-24-. The van der Waals surface area contributed by atoms with Gasteiger partial charge in [0.05, 0.1) is 25.4 Å². The third-order valence-electron chi connectivity index (χ3n) is 14.6. The molecule has 0 aliphatic carbocycles. The second kappa shape index (κ2) is 47.8. The number of aliphatic hydroxyl groups is 7. The van der Waals surface area contributed by atoms with Crippen molar-refractivity contribution in [3.8, 4) is 0 Å². The molecule has 410 valence electrons. The lowest BCUT2D eigenvalue weighted by molar-refractivity contribution is -0.303.